The van der Waals surface area contributed by atoms with Gasteiger partial charge in [0, 0.05) is 25.7 Å². The molecule has 0 saturated carbocycles. The van der Waals surface area contributed by atoms with Gasteiger partial charge in [-0.25, -0.2) is 8.42 Å². The molecule has 0 saturated heterocycles. The number of aliphatic hydroxyl groups excluding tert-OH is 2. The molecule has 4 N–H and O–H groups in total. The maximum atomic E-state index is 13.2. The average molecular weight is 421 g/mol. The molecule has 0 aliphatic carbocycles. The maximum Gasteiger partial charge on any atom is 0.243 e. The van der Waals surface area contributed by atoms with Gasteiger partial charge in [0.25, 0.3) is 0 Å². The van der Waals surface area contributed by atoms with E-state index in [-0.39, 0.29) is 30.5 Å². The molecule has 29 heavy (non-hydrogen) atoms. The van der Waals surface area contributed by atoms with Crippen molar-refractivity contribution in [3.63, 3.8) is 0 Å². The summed E-state index contributed by atoms with van der Waals surface area (Å²) in [5.74, 6) is 0.0935. The summed E-state index contributed by atoms with van der Waals surface area (Å²) >= 11 is 0. The first-order valence-corrected chi connectivity index (χ1v) is 11.4. The van der Waals surface area contributed by atoms with Crippen molar-refractivity contribution in [2.75, 3.05) is 19.7 Å². The number of hydrogen-bond donors (Lipinski definition) is 3. The highest BCUT2D eigenvalue weighted by Gasteiger charge is 2.29. The Morgan fingerprint density at radius 1 is 0.966 bits per heavy atom. The van der Waals surface area contributed by atoms with E-state index in [0.29, 0.717) is 12.8 Å². The number of rotatable bonds is 11. The fourth-order valence-electron chi connectivity index (χ4n) is 3.15. The molecule has 0 aromatic heterocycles. The second kappa shape index (κ2) is 10.8. The van der Waals surface area contributed by atoms with Crippen molar-refractivity contribution in [2.45, 2.75) is 43.7 Å². The van der Waals surface area contributed by atoms with Crippen molar-refractivity contribution < 1.29 is 18.6 Å². The third-order valence-electron chi connectivity index (χ3n) is 4.73. The molecule has 0 spiro atoms. The lowest BCUT2D eigenvalue weighted by Crippen LogP contribution is -2.47. The van der Waals surface area contributed by atoms with Crippen molar-refractivity contribution in [1.29, 1.82) is 0 Å². The Labute approximate surface area is 174 Å². The van der Waals surface area contributed by atoms with E-state index in [4.69, 9.17) is 10.8 Å². The molecular formula is C22H32N2O4S. The summed E-state index contributed by atoms with van der Waals surface area (Å²) in [6.07, 6.45) is -0.0475. The van der Waals surface area contributed by atoms with Gasteiger partial charge in [-0.1, -0.05) is 56.3 Å². The summed E-state index contributed by atoms with van der Waals surface area (Å²) in [4.78, 5) is 0.170. The molecule has 2 atom stereocenters. The summed E-state index contributed by atoms with van der Waals surface area (Å²) < 4.78 is 27.7. The quantitative estimate of drug-likeness (QED) is 0.514. The van der Waals surface area contributed by atoms with Crippen LogP contribution < -0.4 is 5.73 Å². The van der Waals surface area contributed by atoms with Crippen molar-refractivity contribution in [3.05, 3.63) is 65.7 Å². The Morgan fingerprint density at radius 3 is 2.14 bits per heavy atom. The van der Waals surface area contributed by atoms with Gasteiger partial charge in [0.1, 0.15) is 0 Å². The zero-order valence-corrected chi connectivity index (χ0v) is 17.9. The molecule has 0 unspecified atom stereocenters. The van der Waals surface area contributed by atoms with Gasteiger partial charge >= 0.3 is 0 Å². The molecule has 0 aliphatic heterocycles. The first-order valence-electron chi connectivity index (χ1n) is 9.91. The number of sulfonamides is 1. The van der Waals surface area contributed by atoms with Crippen LogP contribution >= 0.6 is 0 Å². The van der Waals surface area contributed by atoms with E-state index in [9.17, 15) is 13.5 Å². The fourth-order valence-corrected chi connectivity index (χ4v) is 4.77. The number of benzene rings is 2. The highest BCUT2D eigenvalue weighted by molar-refractivity contribution is 7.89. The summed E-state index contributed by atoms with van der Waals surface area (Å²) in [5.41, 5.74) is 8.03. The van der Waals surface area contributed by atoms with Crippen LogP contribution in [0.15, 0.2) is 59.5 Å². The van der Waals surface area contributed by atoms with Crippen LogP contribution in [0, 0.1) is 5.92 Å². The topological polar surface area (TPSA) is 104 Å². The second-order valence-electron chi connectivity index (χ2n) is 7.75. The minimum absolute atomic E-state index is 0.0110. The summed E-state index contributed by atoms with van der Waals surface area (Å²) in [6.45, 7) is 4.10. The molecule has 0 aliphatic rings. The summed E-state index contributed by atoms with van der Waals surface area (Å²) in [7, 11) is -3.77. The zero-order valence-electron chi connectivity index (χ0n) is 17.1. The normalized spacial score (nSPS) is 14.3. The molecular weight excluding hydrogens is 388 g/mol. The summed E-state index contributed by atoms with van der Waals surface area (Å²) in [5, 5.41) is 19.7. The number of aliphatic hydroxyl groups is 2. The number of nitrogens with zero attached hydrogens (tertiary/aromatic N) is 1. The molecule has 0 heterocycles. The molecule has 160 valence electrons. The van der Waals surface area contributed by atoms with Crippen LogP contribution in [-0.4, -0.2) is 54.8 Å². The lowest BCUT2D eigenvalue weighted by Gasteiger charge is -2.28. The standard InChI is InChI=1S/C22H32N2O4S/c1-17(2)15-24(16-22(26)21(23)14-19-6-4-3-5-7-19)29(27,28)20-10-8-18(9-11-20)12-13-25/h3-11,17,21-22,25-26H,12-16,23H2,1-2H3/t21-,22+/m0/s1. The minimum atomic E-state index is -3.77. The second-order valence-corrected chi connectivity index (χ2v) is 9.69. The van der Waals surface area contributed by atoms with Crippen LogP contribution in [0.2, 0.25) is 0 Å². The molecule has 6 nitrogen and oxygen atoms in total. The molecule has 0 amide bonds. The predicted molar refractivity (Wildman–Crippen MR) is 115 cm³/mol. The lowest BCUT2D eigenvalue weighted by molar-refractivity contribution is 0.116. The van der Waals surface area contributed by atoms with Crippen LogP contribution in [0.3, 0.4) is 0 Å². The highest BCUT2D eigenvalue weighted by atomic mass is 32.2. The predicted octanol–water partition coefficient (Wildman–Crippen LogP) is 1.80. The molecule has 7 heteroatoms. The van der Waals surface area contributed by atoms with Crippen molar-refractivity contribution in [1.82, 2.24) is 4.31 Å². The van der Waals surface area contributed by atoms with Gasteiger partial charge in [-0.3, -0.25) is 0 Å². The highest BCUT2D eigenvalue weighted by Crippen LogP contribution is 2.19. The van der Waals surface area contributed by atoms with E-state index in [1.54, 1.807) is 24.3 Å². The Kier molecular flexibility index (Phi) is 8.79. The molecule has 2 rings (SSSR count). The van der Waals surface area contributed by atoms with Gasteiger partial charge in [0.15, 0.2) is 0 Å². The Hall–Kier alpha value is -1.77. The maximum absolute atomic E-state index is 13.2. The van der Waals surface area contributed by atoms with E-state index in [0.717, 1.165) is 11.1 Å². The monoisotopic (exact) mass is 420 g/mol. The van der Waals surface area contributed by atoms with Gasteiger partial charge in [0.2, 0.25) is 10.0 Å². The lowest BCUT2D eigenvalue weighted by atomic mass is 10.0. The molecule has 2 aromatic rings. The molecule has 2 aromatic carbocycles. The minimum Gasteiger partial charge on any atom is -0.396 e. The Bertz CT molecular complexity index is 839. The van der Waals surface area contributed by atoms with E-state index in [1.165, 1.54) is 4.31 Å². The molecule has 0 bridgehead atoms. The Balaban J connectivity index is 2.16. The van der Waals surface area contributed by atoms with Gasteiger partial charge < -0.3 is 15.9 Å². The summed E-state index contributed by atoms with van der Waals surface area (Å²) in [6, 6.07) is 15.5. The Morgan fingerprint density at radius 2 is 1.59 bits per heavy atom. The number of nitrogens with two attached hydrogens (primary N) is 1. The third-order valence-corrected chi connectivity index (χ3v) is 6.58. The van der Waals surface area contributed by atoms with E-state index < -0.39 is 22.2 Å². The molecule has 0 radical (unpaired) electrons. The van der Waals surface area contributed by atoms with Gasteiger partial charge in [-0.15, -0.1) is 0 Å². The fraction of sp³-hybridized carbons (Fsp3) is 0.455. The van der Waals surface area contributed by atoms with Crippen molar-refractivity contribution in [2.24, 2.45) is 11.7 Å². The van der Waals surface area contributed by atoms with Gasteiger partial charge in [-0.05, 0) is 42.0 Å². The van der Waals surface area contributed by atoms with E-state index >= 15 is 0 Å². The van der Waals surface area contributed by atoms with Crippen LogP contribution in [-0.2, 0) is 22.9 Å². The van der Waals surface area contributed by atoms with E-state index in [1.807, 2.05) is 44.2 Å². The third kappa shape index (κ3) is 6.90. The number of hydrogen-bond acceptors (Lipinski definition) is 5. The van der Waals surface area contributed by atoms with Gasteiger partial charge in [-0.2, -0.15) is 4.31 Å². The van der Waals surface area contributed by atoms with Crippen molar-refractivity contribution in [3.8, 4) is 0 Å². The van der Waals surface area contributed by atoms with Crippen molar-refractivity contribution >= 4 is 10.0 Å². The zero-order chi connectivity index (χ0) is 21.4. The molecule has 0 fully saturated rings. The van der Waals surface area contributed by atoms with Gasteiger partial charge in [0.05, 0.1) is 11.0 Å². The SMILES string of the molecule is CC(C)CN(C[C@@H](O)[C@@H](N)Cc1ccccc1)S(=O)(=O)c1ccc(CCO)cc1. The first kappa shape index (κ1) is 23.5. The van der Waals surface area contributed by atoms with Crippen LogP contribution in [0.4, 0.5) is 0 Å². The first-order chi connectivity index (χ1) is 13.7. The largest absolute Gasteiger partial charge is 0.396 e. The van der Waals surface area contributed by atoms with E-state index in [2.05, 4.69) is 0 Å². The smallest absolute Gasteiger partial charge is 0.243 e. The van der Waals surface area contributed by atoms with Crippen LogP contribution in [0.5, 0.6) is 0 Å². The average Bonchev–Trinajstić information content (AvgIpc) is 2.68. The van der Waals surface area contributed by atoms with Crippen LogP contribution in [0.25, 0.3) is 0 Å². The van der Waals surface area contributed by atoms with Crippen LogP contribution in [0.1, 0.15) is 25.0 Å².